The molecule has 0 bridgehead atoms. The van der Waals surface area contributed by atoms with Crippen LogP contribution in [-0.4, -0.2) is 32.8 Å². The Balaban J connectivity index is 2.70. The van der Waals surface area contributed by atoms with E-state index in [2.05, 4.69) is 0 Å². The van der Waals surface area contributed by atoms with Crippen LogP contribution in [0.4, 0.5) is 0 Å². The molecule has 94 valence electrons. The number of rotatable bonds is 7. The van der Waals surface area contributed by atoms with Crippen molar-refractivity contribution >= 4 is 5.84 Å². The van der Waals surface area contributed by atoms with E-state index in [1.807, 2.05) is 6.92 Å². The summed E-state index contributed by atoms with van der Waals surface area (Å²) in [5, 5.41) is 7.39. The average Bonchev–Trinajstić information content (AvgIpc) is 2.34. The molecule has 0 aromatic heterocycles. The minimum atomic E-state index is -0.0152. The average molecular weight is 238 g/mol. The second-order valence-corrected chi connectivity index (χ2v) is 3.36. The first-order chi connectivity index (χ1) is 8.17. The summed E-state index contributed by atoms with van der Waals surface area (Å²) in [5.41, 5.74) is 6.01. The Hall–Kier alpha value is -1.75. The summed E-state index contributed by atoms with van der Waals surface area (Å²) in [7, 11) is 1.56. The van der Waals surface area contributed by atoms with E-state index in [4.69, 9.17) is 25.4 Å². The van der Waals surface area contributed by atoms with Crippen LogP contribution in [0, 0.1) is 5.41 Å². The van der Waals surface area contributed by atoms with Crippen molar-refractivity contribution in [2.45, 2.75) is 6.92 Å². The third kappa shape index (κ3) is 4.32. The van der Waals surface area contributed by atoms with Gasteiger partial charge < -0.3 is 19.9 Å². The lowest BCUT2D eigenvalue weighted by Crippen LogP contribution is -2.12. The van der Waals surface area contributed by atoms with Gasteiger partial charge in [0.05, 0.1) is 13.7 Å². The standard InChI is InChI=1S/C12H18N2O3/c1-3-16-4-5-17-11-7-9(12(13)14)6-10(8-11)15-2/h6-8H,3-5H2,1-2H3,(H3,13,14). The van der Waals surface area contributed by atoms with Crippen molar-refractivity contribution < 1.29 is 14.2 Å². The highest BCUT2D eigenvalue weighted by Crippen LogP contribution is 2.22. The van der Waals surface area contributed by atoms with Crippen LogP contribution >= 0.6 is 0 Å². The van der Waals surface area contributed by atoms with E-state index in [9.17, 15) is 0 Å². The van der Waals surface area contributed by atoms with Gasteiger partial charge in [0.1, 0.15) is 23.9 Å². The minimum Gasteiger partial charge on any atom is -0.497 e. The fraction of sp³-hybridized carbons (Fsp3) is 0.417. The molecule has 0 aliphatic rings. The van der Waals surface area contributed by atoms with Gasteiger partial charge in [-0.1, -0.05) is 0 Å². The smallest absolute Gasteiger partial charge is 0.123 e. The van der Waals surface area contributed by atoms with Crippen LogP contribution in [0.5, 0.6) is 11.5 Å². The van der Waals surface area contributed by atoms with Gasteiger partial charge in [0.2, 0.25) is 0 Å². The van der Waals surface area contributed by atoms with Crippen LogP contribution in [0.2, 0.25) is 0 Å². The summed E-state index contributed by atoms with van der Waals surface area (Å²) in [6, 6.07) is 5.15. The van der Waals surface area contributed by atoms with Gasteiger partial charge in [-0.25, -0.2) is 0 Å². The van der Waals surface area contributed by atoms with E-state index in [-0.39, 0.29) is 5.84 Å². The topological polar surface area (TPSA) is 77.6 Å². The molecule has 1 aromatic carbocycles. The molecule has 0 fully saturated rings. The fourth-order valence-corrected chi connectivity index (χ4v) is 1.29. The predicted molar refractivity (Wildman–Crippen MR) is 66.0 cm³/mol. The number of ether oxygens (including phenoxy) is 3. The molecule has 0 aliphatic carbocycles. The highest BCUT2D eigenvalue weighted by atomic mass is 16.5. The molecule has 5 heteroatoms. The Bertz CT molecular complexity index is 380. The molecule has 0 amide bonds. The van der Waals surface area contributed by atoms with Gasteiger partial charge in [0.15, 0.2) is 0 Å². The third-order valence-corrected chi connectivity index (χ3v) is 2.13. The van der Waals surface area contributed by atoms with Crippen LogP contribution in [0.25, 0.3) is 0 Å². The zero-order chi connectivity index (χ0) is 12.7. The normalized spacial score (nSPS) is 10.0. The van der Waals surface area contributed by atoms with Crippen molar-refractivity contribution in [2.75, 3.05) is 26.9 Å². The maximum absolute atomic E-state index is 7.39. The zero-order valence-electron chi connectivity index (χ0n) is 10.2. The third-order valence-electron chi connectivity index (χ3n) is 2.13. The van der Waals surface area contributed by atoms with Gasteiger partial charge >= 0.3 is 0 Å². The number of nitrogens with two attached hydrogens (primary N) is 1. The summed E-state index contributed by atoms with van der Waals surface area (Å²) in [4.78, 5) is 0. The Morgan fingerprint density at radius 1 is 1.24 bits per heavy atom. The summed E-state index contributed by atoms with van der Waals surface area (Å²) >= 11 is 0. The zero-order valence-corrected chi connectivity index (χ0v) is 10.2. The predicted octanol–water partition coefficient (Wildman–Crippen LogP) is 1.39. The van der Waals surface area contributed by atoms with Crippen molar-refractivity contribution in [3.8, 4) is 11.5 Å². The molecule has 0 aliphatic heterocycles. The molecule has 1 aromatic rings. The quantitative estimate of drug-likeness (QED) is 0.427. The first-order valence-electron chi connectivity index (χ1n) is 5.41. The van der Waals surface area contributed by atoms with Crippen molar-refractivity contribution in [3.05, 3.63) is 23.8 Å². The summed E-state index contributed by atoms with van der Waals surface area (Å²) in [6.45, 7) is 3.58. The summed E-state index contributed by atoms with van der Waals surface area (Å²) in [5.74, 6) is 1.22. The number of benzene rings is 1. The van der Waals surface area contributed by atoms with Crippen molar-refractivity contribution in [3.63, 3.8) is 0 Å². The molecule has 0 unspecified atom stereocenters. The maximum atomic E-state index is 7.39. The van der Waals surface area contributed by atoms with Gasteiger partial charge in [-0.2, -0.15) is 0 Å². The number of hydrogen-bond donors (Lipinski definition) is 2. The van der Waals surface area contributed by atoms with E-state index in [0.717, 1.165) is 0 Å². The second kappa shape index (κ2) is 6.75. The first-order valence-corrected chi connectivity index (χ1v) is 5.41. The number of hydrogen-bond acceptors (Lipinski definition) is 4. The number of nitrogens with one attached hydrogen (secondary N) is 1. The van der Waals surface area contributed by atoms with E-state index in [1.165, 1.54) is 0 Å². The number of methoxy groups -OCH3 is 1. The molecular weight excluding hydrogens is 220 g/mol. The van der Waals surface area contributed by atoms with Crippen LogP contribution < -0.4 is 15.2 Å². The van der Waals surface area contributed by atoms with Crippen molar-refractivity contribution in [1.29, 1.82) is 5.41 Å². The number of amidine groups is 1. The van der Waals surface area contributed by atoms with Crippen LogP contribution in [0.3, 0.4) is 0 Å². The molecule has 5 nitrogen and oxygen atoms in total. The molecule has 0 heterocycles. The van der Waals surface area contributed by atoms with E-state index < -0.39 is 0 Å². The Labute approximate surface area is 101 Å². The molecule has 17 heavy (non-hydrogen) atoms. The fourth-order valence-electron chi connectivity index (χ4n) is 1.29. The molecule has 0 radical (unpaired) electrons. The van der Waals surface area contributed by atoms with Gasteiger partial charge in [0, 0.05) is 18.2 Å². The van der Waals surface area contributed by atoms with Gasteiger partial charge in [-0.05, 0) is 19.1 Å². The largest absolute Gasteiger partial charge is 0.497 e. The monoisotopic (exact) mass is 238 g/mol. The number of nitrogen functional groups attached to an aromatic ring is 1. The highest BCUT2D eigenvalue weighted by molar-refractivity contribution is 5.95. The summed E-state index contributed by atoms with van der Waals surface area (Å²) in [6.07, 6.45) is 0. The minimum absolute atomic E-state index is 0.0152. The Morgan fingerprint density at radius 2 is 1.94 bits per heavy atom. The van der Waals surface area contributed by atoms with Crippen LogP contribution in [0.1, 0.15) is 12.5 Å². The Kier molecular flexibility index (Phi) is 5.29. The summed E-state index contributed by atoms with van der Waals surface area (Å²) < 4.78 is 15.8. The molecular formula is C12H18N2O3. The van der Waals surface area contributed by atoms with Crippen LogP contribution in [0.15, 0.2) is 18.2 Å². The molecule has 0 spiro atoms. The van der Waals surface area contributed by atoms with E-state index in [1.54, 1.807) is 25.3 Å². The lowest BCUT2D eigenvalue weighted by molar-refractivity contribution is 0.110. The SMILES string of the molecule is CCOCCOc1cc(OC)cc(C(=N)N)c1. The lowest BCUT2D eigenvalue weighted by atomic mass is 10.2. The van der Waals surface area contributed by atoms with E-state index in [0.29, 0.717) is 36.9 Å². The first kappa shape index (κ1) is 13.3. The molecule has 3 N–H and O–H groups in total. The van der Waals surface area contributed by atoms with Crippen molar-refractivity contribution in [1.82, 2.24) is 0 Å². The second-order valence-electron chi connectivity index (χ2n) is 3.36. The highest BCUT2D eigenvalue weighted by Gasteiger charge is 2.04. The Morgan fingerprint density at radius 3 is 2.53 bits per heavy atom. The maximum Gasteiger partial charge on any atom is 0.123 e. The van der Waals surface area contributed by atoms with Crippen molar-refractivity contribution in [2.24, 2.45) is 5.73 Å². The molecule has 0 saturated carbocycles. The molecule has 0 atom stereocenters. The van der Waals surface area contributed by atoms with Gasteiger partial charge in [-0.15, -0.1) is 0 Å². The van der Waals surface area contributed by atoms with Gasteiger partial charge in [-0.3, -0.25) is 5.41 Å². The molecule has 0 saturated heterocycles. The lowest BCUT2D eigenvalue weighted by Gasteiger charge is -2.10. The van der Waals surface area contributed by atoms with Crippen LogP contribution in [-0.2, 0) is 4.74 Å². The molecule has 1 rings (SSSR count). The van der Waals surface area contributed by atoms with Gasteiger partial charge in [0.25, 0.3) is 0 Å². The van der Waals surface area contributed by atoms with E-state index >= 15 is 0 Å².